The lowest BCUT2D eigenvalue weighted by Crippen LogP contribution is -1.92. The van der Waals surface area contributed by atoms with Gasteiger partial charge in [0.25, 0.3) is 0 Å². The van der Waals surface area contributed by atoms with Crippen molar-refractivity contribution in [2.45, 2.75) is 0 Å². The van der Waals surface area contributed by atoms with Gasteiger partial charge in [0.2, 0.25) is 5.95 Å². The molecule has 0 unspecified atom stereocenters. The van der Waals surface area contributed by atoms with Gasteiger partial charge in [-0.1, -0.05) is 35.3 Å². The van der Waals surface area contributed by atoms with Crippen molar-refractivity contribution in [3.05, 3.63) is 52.3 Å². The maximum absolute atomic E-state index is 13.6. The van der Waals surface area contributed by atoms with Crippen LogP contribution in [0.2, 0.25) is 10.0 Å². The van der Waals surface area contributed by atoms with Crippen LogP contribution in [0.3, 0.4) is 0 Å². The molecule has 0 spiro atoms. The molecule has 0 aliphatic heterocycles. The number of pyridine rings is 1. The zero-order chi connectivity index (χ0) is 11.7. The molecule has 82 valence electrons. The van der Waals surface area contributed by atoms with E-state index in [0.717, 1.165) is 6.20 Å². The van der Waals surface area contributed by atoms with E-state index in [1.807, 2.05) is 0 Å². The second-order valence-electron chi connectivity index (χ2n) is 3.09. The third kappa shape index (κ3) is 2.01. The van der Waals surface area contributed by atoms with Crippen LogP contribution < -0.4 is 0 Å². The molecule has 1 heterocycles. The van der Waals surface area contributed by atoms with E-state index in [1.165, 1.54) is 24.3 Å². The normalized spacial score (nSPS) is 10.5. The number of benzene rings is 1. The second-order valence-corrected chi connectivity index (χ2v) is 3.94. The topological polar surface area (TPSA) is 12.9 Å². The molecule has 1 aromatic carbocycles. The molecule has 0 atom stereocenters. The summed E-state index contributed by atoms with van der Waals surface area (Å²) >= 11 is 11.3. The van der Waals surface area contributed by atoms with E-state index in [0.29, 0.717) is 0 Å². The Kier molecular flexibility index (Phi) is 3.08. The lowest BCUT2D eigenvalue weighted by atomic mass is 10.1. The zero-order valence-corrected chi connectivity index (χ0v) is 9.36. The Balaban J connectivity index is 2.67. The van der Waals surface area contributed by atoms with E-state index in [9.17, 15) is 8.78 Å². The van der Waals surface area contributed by atoms with Crippen LogP contribution in [-0.2, 0) is 0 Å². The van der Waals surface area contributed by atoms with Crippen LogP contribution >= 0.6 is 23.2 Å². The minimum atomic E-state index is -0.787. The number of nitrogens with zero attached hydrogens (tertiary/aromatic N) is 1. The van der Waals surface area contributed by atoms with Crippen LogP contribution in [0.5, 0.6) is 0 Å². The molecule has 0 bridgehead atoms. The first-order chi connectivity index (χ1) is 7.59. The number of hydrogen-bond acceptors (Lipinski definition) is 1. The number of halogens is 4. The maximum Gasteiger partial charge on any atom is 0.220 e. The Bertz CT molecular complexity index is 544. The molecule has 0 N–H and O–H groups in total. The standard InChI is InChI=1S/C11H5Cl2F2N/c12-6-4-8(11(15)16-5-6)7-2-1-3-9(13)10(7)14/h1-5H. The van der Waals surface area contributed by atoms with E-state index in [4.69, 9.17) is 23.2 Å². The van der Waals surface area contributed by atoms with Crippen LogP contribution in [0.25, 0.3) is 11.1 Å². The first kappa shape index (κ1) is 11.3. The van der Waals surface area contributed by atoms with Crippen LogP contribution in [-0.4, -0.2) is 4.98 Å². The second kappa shape index (κ2) is 4.36. The van der Waals surface area contributed by atoms with Gasteiger partial charge < -0.3 is 0 Å². The van der Waals surface area contributed by atoms with Crippen LogP contribution in [0.4, 0.5) is 8.78 Å². The molecule has 0 saturated carbocycles. The fourth-order valence-corrected chi connectivity index (χ4v) is 1.66. The highest BCUT2D eigenvalue weighted by Gasteiger charge is 2.13. The molecular formula is C11H5Cl2F2N. The fourth-order valence-electron chi connectivity index (χ4n) is 1.32. The average molecular weight is 260 g/mol. The van der Waals surface area contributed by atoms with E-state index in [-0.39, 0.29) is 21.2 Å². The van der Waals surface area contributed by atoms with Crippen molar-refractivity contribution in [1.82, 2.24) is 4.98 Å². The lowest BCUT2D eigenvalue weighted by Gasteiger charge is -2.05. The molecule has 2 rings (SSSR count). The highest BCUT2D eigenvalue weighted by molar-refractivity contribution is 6.31. The Labute approximate surface area is 101 Å². The summed E-state index contributed by atoms with van der Waals surface area (Å²) in [5, 5.41) is 0.160. The summed E-state index contributed by atoms with van der Waals surface area (Å²) in [6.07, 6.45) is 1.16. The van der Waals surface area contributed by atoms with E-state index in [1.54, 1.807) is 0 Å². The lowest BCUT2D eigenvalue weighted by molar-refractivity contribution is 0.583. The highest BCUT2D eigenvalue weighted by Crippen LogP contribution is 2.30. The Hall–Kier alpha value is -1.19. The van der Waals surface area contributed by atoms with Crippen molar-refractivity contribution >= 4 is 23.2 Å². The first-order valence-electron chi connectivity index (χ1n) is 4.35. The van der Waals surface area contributed by atoms with E-state index < -0.39 is 11.8 Å². The van der Waals surface area contributed by atoms with Gasteiger partial charge in [-0.3, -0.25) is 0 Å². The molecule has 0 fully saturated rings. The van der Waals surface area contributed by atoms with Gasteiger partial charge in [-0.25, -0.2) is 9.37 Å². The van der Waals surface area contributed by atoms with Crippen molar-refractivity contribution in [2.75, 3.05) is 0 Å². The van der Waals surface area contributed by atoms with Gasteiger partial charge in [0.1, 0.15) is 5.82 Å². The minimum absolute atomic E-state index is 0.00694. The smallest absolute Gasteiger partial charge is 0.220 e. The van der Waals surface area contributed by atoms with Crippen LogP contribution in [0.15, 0.2) is 30.5 Å². The molecule has 0 amide bonds. The van der Waals surface area contributed by atoms with Gasteiger partial charge in [-0.05, 0) is 12.1 Å². The third-order valence-electron chi connectivity index (χ3n) is 2.05. The SMILES string of the molecule is Fc1ncc(Cl)cc1-c1cccc(Cl)c1F. The summed E-state index contributed by atoms with van der Waals surface area (Å²) < 4.78 is 27.0. The summed E-state index contributed by atoms with van der Waals surface area (Å²) in [6.45, 7) is 0. The largest absolute Gasteiger partial charge is 0.226 e. The molecule has 1 nitrogen and oxygen atoms in total. The van der Waals surface area contributed by atoms with Crippen molar-refractivity contribution in [2.24, 2.45) is 0 Å². The number of rotatable bonds is 1. The molecule has 0 aliphatic carbocycles. The fraction of sp³-hybridized carbons (Fsp3) is 0. The molecule has 5 heteroatoms. The van der Waals surface area contributed by atoms with Crippen LogP contribution in [0.1, 0.15) is 0 Å². The quantitative estimate of drug-likeness (QED) is 0.695. The third-order valence-corrected chi connectivity index (χ3v) is 2.55. The van der Waals surface area contributed by atoms with Gasteiger partial charge in [0, 0.05) is 17.3 Å². The van der Waals surface area contributed by atoms with Crippen molar-refractivity contribution in [1.29, 1.82) is 0 Å². The monoisotopic (exact) mass is 259 g/mol. The van der Waals surface area contributed by atoms with E-state index >= 15 is 0 Å². The molecule has 0 aliphatic rings. The number of aromatic nitrogens is 1. The molecule has 0 saturated heterocycles. The van der Waals surface area contributed by atoms with Crippen molar-refractivity contribution in [3.8, 4) is 11.1 Å². The Morgan fingerprint density at radius 2 is 1.81 bits per heavy atom. The predicted octanol–water partition coefficient (Wildman–Crippen LogP) is 4.33. The number of hydrogen-bond donors (Lipinski definition) is 0. The Morgan fingerprint density at radius 3 is 2.56 bits per heavy atom. The summed E-state index contributed by atoms with van der Waals surface area (Å²) in [6, 6.07) is 5.63. The molecule has 0 radical (unpaired) electrons. The molecule has 2 aromatic rings. The minimum Gasteiger partial charge on any atom is -0.226 e. The zero-order valence-electron chi connectivity index (χ0n) is 7.85. The van der Waals surface area contributed by atoms with Crippen molar-refractivity contribution < 1.29 is 8.78 Å². The molecule has 1 aromatic heterocycles. The molecular weight excluding hydrogens is 255 g/mol. The van der Waals surface area contributed by atoms with Gasteiger partial charge in [-0.15, -0.1) is 0 Å². The first-order valence-corrected chi connectivity index (χ1v) is 5.10. The van der Waals surface area contributed by atoms with Crippen molar-refractivity contribution in [3.63, 3.8) is 0 Å². The summed E-state index contributed by atoms with van der Waals surface area (Å²) in [5.41, 5.74) is 0.0347. The highest BCUT2D eigenvalue weighted by atomic mass is 35.5. The van der Waals surface area contributed by atoms with Gasteiger partial charge in [-0.2, -0.15) is 4.39 Å². The Morgan fingerprint density at radius 1 is 1.06 bits per heavy atom. The summed E-state index contributed by atoms with van der Waals surface area (Å²) in [7, 11) is 0. The van der Waals surface area contributed by atoms with Gasteiger partial charge in [0.05, 0.1) is 10.0 Å². The summed E-state index contributed by atoms with van der Waals surface area (Å²) in [4.78, 5) is 3.42. The van der Waals surface area contributed by atoms with Gasteiger partial charge in [0.15, 0.2) is 0 Å². The predicted molar refractivity (Wildman–Crippen MR) is 59.6 cm³/mol. The van der Waals surface area contributed by atoms with Crippen LogP contribution in [0, 0.1) is 11.8 Å². The molecule has 16 heavy (non-hydrogen) atoms. The summed E-state index contributed by atoms with van der Waals surface area (Å²) in [5.74, 6) is -1.47. The van der Waals surface area contributed by atoms with Gasteiger partial charge >= 0.3 is 0 Å². The average Bonchev–Trinajstić information content (AvgIpc) is 2.26. The maximum atomic E-state index is 13.6. The van der Waals surface area contributed by atoms with E-state index in [2.05, 4.69) is 4.98 Å².